The number of ether oxygens (including phenoxy) is 1. The maximum atomic E-state index is 13.8. The lowest BCUT2D eigenvalue weighted by Gasteiger charge is -2.13. The Morgan fingerprint density at radius 3 is 2.30 bits per heavy atom. The fourth-order valence-corrected chi connectivity index (χ4v) is 4.20. The lowest BCUT2D eigenvalue weighted by Crippen LogP contribution is -2.21. The molecular formula is C26H18ClN3O2S. The third-order valence-electron chi connectivity index (χ3n) is 5.42. The molecule has 2 aromatic heterocycles. The molecule has 0 saturated carbocycles. The summed E-state index contributed by atoms with van der Waals surface area (Å²) in [4.78, 5) is 21.7. The number of aromatic amines is 1. The average molecular weight is 472 g/mol. The molecule has 0 spiro atoms. The van der Waals surface area contributed by atoms with Gasteiger partial charge < -0.3 is 9.72 Å². The molecule has 0 aliphatic carbocycles. The Labute approximate surface area is 199 Å². The molecule has 7 heteroatoms. The van der Waals surface area contributed by atoms with Crippen molar-refractivity contribution in [3.63, 3.8) is 0 Å². The molecule has 0 unspecified atom stereocenters. The summed E-state index contributed by atoms with van der Waals surface area (Å²) in [6, 6.07) is 26.3. The molecule has 2 heterocycles. The molecule has 5 rings (SSSR count). The normalized spacial score (nSPS) is 11.0. The lowest BCUT2D eigenvalue weighted by atomic mass is 10.0. The second-order valence-electron chi connectivity index (χ2n) is 7.42. The summed E-state index contributed by atoms with van der Waals surface area (Å²) in [5, 5.41) is 1.10. The van der Waals surface area contributed by atoms with E-state index in [1.807, 2.05) is 60.7 Å². The van der Waals surface area contributed by atoms with Crippen LogP contribution in [0.15, 0.2) is 89.7 Å². The number of hydrogen-bond acceptors (Lipinski definition) is 4. The highest BCUT2D eigenvalue weighted by molar-refractivity contribution is 7.71. The van der Waals surface area contributed by atoms with Crippen LogP contribution in [0.25, 0.3) is 39.1 Å². The van der Waals surface area contributed by atoms with Crippen LogP contribution in [0.4, 0.5) is 0 Å². The number of fused-ring (bicyclic) bond motifs is 1. The smallest absolute Gasteiger partial charge is 0.269 e. The van der Waals surface area contributed by atoms with Crippen LogP contribution in [-0.2, 0) is 0 Å². The van der Waals surface area contributed by atoms with Gasteiger partial charge in [-0.25, -0.2) is 4.98 Å². The highest BCUT2D eigenvalue weighted by Gasteiger charge is 2.16. The van der Waals surface area contributed by atoms with Crippen LogP contribution in [0, 0.1) is 4.77 Å². The van der Waals surface area contributed by atoms with E-state index in [4.69, 9.17) is 33.5 Å². The number of pyridine rings is 1. The molecule has 0 bridgehead atoms. The molecule has 0 aliphatic heterocycles. The number of rotatable bonds is 4. The lowest BCUT2D eigenvalue weighted by molar-refractivity contribution is 0.414. The van der Waals surface area contributed by atoms with E-state index in [1.54, 1.807) is 31.4 Å². The van der Waals surface area contributed by atoms with Crippen molar-refractivity contribution >= 4 is 34.9 Å². The number of methoxy groups -OCH3 is 1. The quantitative estimate of drug-likeness (QED) is 0.306. The van der Waals surface area contributed by atoms with Gasteiger partial charge >= 0.3 is 0 Å². The number of nitrogens with zero attached hydrogens (tertiary/aromatic N) is 2. The van der Waals surface area contributed by atoms with Crippen LogP contribution in [0.5, 0.6) is 5.75 Å². The van der Waals surface area contributed by atoms with Crippen LogP contribution in [0.1, 0.15) is 0 Å². The fraction of sp³-hybridized carbons (Fsp3) is 0.0385. The van der Waals surface area contributed by atoms with E-state index in [2.05, 4.69) is 4.98 Å². The molecule has 1 N–H and O–H groups in total. The molecule has 5 aromatic rings. The van der Waals surface area contributed by atoms with Crippen LogP contribution in [-0.4, -0.2) is 21.6 Å². The first-order chi connectivity index (χ1) is 16.0. The van der Waals surface area contributed by atoms with E-state index in [0.717, 1.165) is 16.7 Å². The topological polar surface area (TPSA) is 59.9 Å². The Hall–Kier alpha value is -3.74. The highest BCUT2D eigenvalue weighted by Crippen LogP contribution is 2.30. The predicted molar refractivity (Wildman–Crippen MR) is 135 cm³/mol. The minimum absolute atomic E-state index is 0.243. The van der Waals surface area contributed by atoms with E-state index in [0.29, 0.717) is 33.2 Å². The van der Waals surface area contributed by atoms with E-state index >= 15 is 0 Å². The van der Waals surface area contributed by atoms with Gasteiger partial charge in [0.05, 0.1) is 23.9 Å². The van der Waals surface area contributed by atoms with Crippen molar-refractivity contribution in [2.24, 2.45) is 0 Å². The van der Waals surface area contributed by atoms with Crippen LogP contribution >= 0.6 is 23.8 Å². The minimum atomic E-state index is -0.243. The first kappa shape index (κ1) is 21.1. The molecule has 5 nitrogen and oxygen atoms in total. The number of halogens is 1. The summed E-state index contributed by atoms with van der Waals surface area (Å²) in [7, 11) is 1.60. The number of hydrogen-bond donors (Lipinski definition) is 1. The standard InChI is InChI=1S/C26H18ClN3O2S/c1-32-20-13-11-19(12-14-20)30-25(31)23-21(16-5-3-2-4-6-16)15-22(28-24(23)29-26(30)33)17-7-9-18(27)10-8-17/h2-15H,1H3,(H,28,29,33). The monoisotopic (exact) mass is 471 g/mol. The van der Waals surface area contributed by atoms with E-state index < -0.39 is 0 Å². The molecule has 0 saturated heterocycles. The predicted octanol–water partition coefficient (Wildman–Crippen LogP) is 6.44. The van der Waals surface area contributed by atoms with Gasteiger partial charge in [-0.3, -0.25) is 9.36 Å². The zero-order valence-electron chi connectivity index (χ0n) is 17.6. The fourth-order valence-electron chi connectivity index (χ4n) is 3.79. The molecule has 0 amide bonds. The van der Waals surface area contributed by atoms with Crippen molar-refractivity contribution in [3.05, 3.63) is 105 Å². The summed E-state index contributed by atoms with van der Waals surface area (Å²) in [5.41, 5.74) is 4.11. The number of benzene rings is 3. The third kappa shape index (κ3) is 3.95. The first-order valence-electron chi connectivity index (χ1n) is 10.2. The van der Waals surface area contributed by atoms with Gasteiger partial charge in [-0.2, -0.15) is 0 Å². The molecule has 0 aliphatic rings. The van der Waals surface area contributed by atoms with Crippen LogP contribution in [0.3, 0.4) is 0 Å². The van der Waals surface area contributed by atoms with Crippen molar-refractivity contribution in [1.82, 2.24) is 14.5 Å². The van der Waals surface area contributed by atoms with Gasteiger partial charge in [-0.05, 0) is 60.2 Å². The minimum Gasteiger partial charge on any atom is -0.497 e. The van der Waals surface area contributed by atoms with Crippen molar-refractivity contribution in [2.75, 3.05) is 7.11 Å². The zero-order valence-corrected chi connectivity index (χ0v) is 19.2. The van der Waals surface area contributed by atoms with Crippen molar-refractivity contribution < 1.29 is 4.74 Å². The Balaban J connectivity index is 1.83. The van der Waals surface area contributed by atoms with Gasteiger partial charge in [-0.15, -0.1) is 0 Å². The van der Waals surface area contributed by atoms with Crippen molar-refractivity contribution in [1.29, 1.82) is 0 Å². The van der Waals surface area contributed by atoms with Gasteiger partial charge in [0.25, 0.3) is 5.56 Å². The van der Waals surface area contributed by atoms with E-state index in [-0.39, 0.29) is 10.3 Å². The summed E-state index contributed by atoms with van der Waals surface area (Å²) < 4.78 is 6.98. The second-order valence-corrected chi connectivity index (χ2v) is 8.24. The SMILES string of the molecule is COc1ccc(-n2c(=S)[nH]c3nc(-c4ccc(Cl)cc4)cc(-c4ccccc4)c3c2=O)cc1. The molecule has 0 atom stereocenters. The Kier molecular flexibility index (Phi) is 5.54. The molecule has 33 heavy (non-hydrogen) atoms. The first-order valence-corrected chi connectivity index (χ1v) is 11.0. The zero-order chi connectivity index (χ0) is 22.9. The molecule has 0 radical (unpaired) electrons. The summed E-state index contributed by atoms with van der Waals surface area (Å²) in [5.74, 6) is 0.696. The second kappa shape index (κ2) is 8.65. The maximum Gasteiger partial charge on any atom is 0.269 e. The Bertz CT molecular complexity index is 1580. The number of nitrogens with one attached hydrogen (secondary N) is 1. The van der Waals surface area contributed by atoms with Gasteiger partial charge in [0.1, 0.15) is 11.4 Å². The Morgan fingerprint density at radius 1 is 0.939 bits per heavy atom. The Morgan fingerprint density at radius 2 is 1.64 bits per heavy atom. The molecular weight excluding hydrogens is 454 g/mol. The van der Waals surface area contributed by atoms with Crippen LogP contribution in [0.2, 0.25) is 5.02 Å². The third-order valence-corrected chi connectivity index (χ3v) is 5.96. The van der Waals surface area contributed by atoms with Gasteiger partial charge in [0.2, 0.25) is 0 Å². The summed E-state index contributed by atoms with van der Waals surface area (Å²) >= 11 is 11.6. The molecule has 0 fully saturated rings. The summed E-state index contributed by atoms with van der Waals surface area (Å²) in [6.45, 7) is 0. The van der Waals surface area contributed by atoms with Crippen molar-refractivity contribution in [3.8, 4) is 33.8 Å². The van der Waals surface area contributed by atoms with E-state index in [1.165, 1.54) is 4.57 Å². The largest absolute Gasteiger partial charge is 0.497 e. The number of H-pyrrole nitrogens is 1. The van der Waals surface area contributed by atoms with Gasteiger partial charge in [-0.1, -0.05) is 54.1 Å². The highest BCUT2D eigenvalue weighted by atomic mass is 35.5. The average Bonchev–Trinajstić information content (AvgIpc) is 2.84. The maximum absolute atomic E-state index is 13.8. The molecule has 162 valence electrons. The van der Waals surface area contributed by atoms with Gasteiger partial charge in [0, 0.05) is 16.1 Å². The summed E-state index contributed by atoms with van der Waals surface area (Å²) in [6.07, 6.45) is 0. The van der Waals surface area contributed by atoms with E-state index in [9.17, 15) is 4.79 Å². The van der Waals surface area contributed by atoms with Crippen molar-refractivity contribution in [2.45, 2.75) is 0 Å². The van der Waals surface area contributed by atoms with Crippen LogP contribution < -0.4 is 10.3 Å². The van der Waals surface area contributed by atoms with Gasteiger partial charge in [0.15, 0.2) is 4.77 Å². The molecule has 3 aromatic carbocycles. The number of aromatic nitrogens is 3.